The van der Waals surface area contributed by atoms with Crippen LogP contribution in [0.4, 0.5) is 9.59 Å². The van der Waals surface area contributed by atoms with Crippen LogP contribution in [0.1, 0.15) is 149 Å². The summed E-state index contributed by atoms with van der Waals surface area (Å²) in [7, 11) is 2.87. The van der Waals surface area contributed by atoms with Gasteiger partial charge in [0, 0.05) is 56.5 Å². The summed E-state index contributed by atoms with van der Waals surface area (Å²) in [6, 6.07) is 103. The largest absolute Gasteiger partial charge is 0.481 e. The minimum absolute atomic E-state index is 0. The number of aliphatic hydroxyl groups excluding tert-OH is 2. The van der Waals surface area contributed by atoms with E-state index in [2.05, 4.69) is 83.4 Å². The highest BCUT2D eigenvalue weighted by molar-refractivity contribution is 5.97. The molecule has 147 heavy (non-hydrogen) atoms. The van der Waals surface area contributed by atoms with Crippen LogP contribution in [-0.4, -0.2) is 191 Å². The quantitative estimate of drug-likeness (QED) is 0.0145. The van der Waals surface area contributed by atoms with E-state index in [9.17, 15) is 62.6 Å². The summed E-state index contributed by atoms with van der Waals surface area (Å²) in [5, 5.41) is 49.6. The topological polar surface area (TPSA) is 392 Å². The van der Waals surface area contributed by atoms with Crippen molar-refractivity contribution in [2.45, 2.75) is 121 Å². The van der Waals surface area contributed by atoms with Crippen molar-refractivity contribution in [2.24, 2.45) is 11.8 Å². The highest BCUT2D eigenvalue weighted by Gasteiger charge is 2.41. The number of nitrogens with zero attached hydrogens (tertiary/aromatic N) is 2. The van der Waals surface area contributed by atoms with Crippen LogP contribution in [0.2, 0.25) is 0 Å². The number of benzene rings is 13. The van der Waals surface area contributed by atoms with Gasteiger partial charge in [-0.25, -0.2) is 19.2 Å². The van der Waals surface area contributed by atoms with Gasteiger partial charge >= 0.3 is 54.0 Å². The molecule has 0 aliphatic heterocycles. The Morgan fingerprint density at radius 1 is 0.279 bits per heavy atom. The maximum absolute atomic E-state index is 14.8. The lowest BCUT2D eigenvalue weighted by molar-refractivity contribution is -0.151. The number of carboxylic acid groups (broad SMARTS) is 3. The van der Waals surface area contributed by atoms with Crippen LogP contribution in [0, 0.1) is 11.8 Å². The van der Waals surface area contributed by atoms with Gasteiger partial charge < -0.3 is 74.4 Å². The van der Waals surface area contributed by atoms with Gasteiger partial charge in [0.15, 0.2) is 5.78 Å². The predicted molar refractivity (Wildman–Crippen MR) is 554 cm³/mol. The van der Waals surface area contributed by atoms with Crippen LogP contribution in [0.25, 0.3) is 55.6 Å². The molecule has 7 N–H and O–H groups in total. The summed E-state index contributed by atoms with van der Waals surface area (Å²) in [5.74, 6) is -9.38. The molecule has 4 amide bonds. The van der Waals surface area contributed by atoms with Crippen molar-refractivity contribution in [2.75, 3.05) is 60.3 Å². The number of ether oxygens (including phenoxy) is 6. The number of rotatable bonds is 34. The first-order chi connectivity index (χ1) is 70.7. The van der Waals surface area contributed by atoms with E-state index in [1.54, 1.807) is 60.7 Å². The number of carbonyl (C=O) groups is 12. The Morgan fingerprint density at radius 2 is 0.524 bits per heavy atom. The van der Waals surface area contributed by atoms with Crippen molar-refractivity contribution >= 4 is 71.6 Å². The molecule has 27 nitrogen and oxygen atoms in total. The van der Waals surface area contributed by atoms with Gasteiger partial charge in [0.05, 0.1) is 30.7 Å². The Bertz CT molecular complexity index is 6390. The van der Waals surface area contributed by atoms with Crippen molar-refractivity contribution in [1.29, 1.82) is 0 Å². The normalized spacial score (nSPS) is 13.4. The van der Waals surface area contributed by atoms with Gasteiger partial charge in [-0.3, -0.25) is 38.4 Å². The molecule has 0 bridgehead atoms. The molecule has 5 aliphatic carbocycles. The minimum Gasteiger partial charge on any atom is -0.481 e. The van der Waals surface area contributed by atoms with E-state index in [1.165, 1.54) is 100 Å². The van der Waals surface area contributed by atoms with E-state index in [0.717, 1.165) is 66.8 Å². The first-order valence-corrected chi connectivity index (χ1v) is 48.2. The van der Waals surface area contributed by atoms with Gasteiger partial charge in [0.25, 0.3) is 0 Å². The van der Waals surface area contributed by atoms with Crippen LogP contribution in [0.15, 0.2) is 334 Å². The fourth-order valence-electron chi connectivity index (χ4n) is 19.0. The number of carbonyl (C=O) groups excluding carboxylic acids is 9. The lowest BCUT2D eigenvalue weighted by Crippen LogP contribution is -2.58. The fourth-order valence-corrected chi connectivity index (χ4v) is 19.0. The number of nitrogens with one attached hydrogen (secondary N) is 2. The maximum Gasteiger partial charge on any atom is 0.407 e. The second-order valence-corrected chi connectivity index (χ2v) is 36.1. The monoisotopic (exact) mass is 1980 g/mol. The highest BCUT2D eigenvalue weighted by atomic mass is 16.6. The highest BCUT2D eigenvalue weighted by Crippen LogP contribution is 2.50. The third-order valence-electron chi connectivity index (χ3n) is 26.6. The molecule has 0 saturated carbocycles. The number of ketones is 1. The lowest BCUT2D eigenvalue weighted by Gasteiger charge is -2.36. The number of carboxylic acids is 3. The number of alkyl carbamates (subject to hydrolysis) is 2. The lowest BCUT2D eigenvalue weighted by atomic mass is 9.93. The van der Waals surface area contributed by atoms with E-state index in [4.69, 9.17) is 48.8 Å². The Balaban J connectivity index is 0.000000173. The molecule has 0 saturated heterocycles. The van der Waals surface area contributed by atoms with E-state index in [-0.39, 0.29) is 102 Å². The van der Waals surface area contributed by atoms with Gasteiger partial charge in [0.2, 0.25) is 11.8 Å². The van der Waals surface area contributed by atoms with Crippen molar-refractivity contribution in [3.63, 3.8) is 0 Å². The molecule has 0 aromatic heterocycles. The molecule has 13 aromatic carbocycles. The van der Waals surface area contributed by atoms with Gasteiger partial charge in [-0.2, -0.15) is 0 Å². The molecular weight excluding hydrogens is 1870 g/mol. The predicted octanol–water partition coefficient (Wildman–Crippen LogP) is 18.6. The zero-order valence-corrected chi connectivity index (χ0v) is 81.3. The SMILES string of the molecule is C.CC(NC(=O)OCC1c2ccccc2-c2ccccc21)C(=O)O.C[C@H](CC(=O)OCC1c2ccccc2-c2ccccc21)C(=O)O.C[C@H](CC(=O)[C@H](Cc1ccccc1)N(C)C(=O)[C@H](Cc1ccccc1)N(C)C(=O)[C@H](CC(=O)OCc1ccccc1)NC(=O)OCC1c2ccccc2-c2ccccc21)C(=O)O.O=C(CO)OCC1c2ccccc2-c2ccccc21.O=C(CO)OCC1c2ccccc2-c2ccccc21. The molecular formula is C120H118N4O23. The smallest absolute Gasteiger partial charge is 0.407 e. The van der Waals surface area contributed by atoms with Crippen molar-refractivity contribution in [1.82, 2.24) is 20.4 Å². The number of Topliss-reactive ketones (excluding diaryl/α,β-unsaturated/α-hetero) is 1. The van der Waals surface area contributed by atoms with Crippen LogP contribution in [0.3, 0.4) is 0 Å². The summed E-state index contributed by atoms with van der Waals surface area (Å²) in [6.45, 7) is 4.01. The average molecular weight is 1980 g/mol. The molecule has 0 fully saturated rings. The summed E-state index contributed by atoms with van der Waals surface area (Å²) >= 11 is 0. The van der Waals surface area contributed by atoms with Gasteiger partial charge in [-0.15, -0.1) is 0 Å². The van der Waals surface area contributed by atoms with Gasteiger partial charge in [0.1, 0.15) is 71.0 Å². The number of esters is 4. The Hall–Kier alpha value is -16.8. The summed E-state index contributed by atoms with van der Waals surface area (Å²) in [6.07, 6.45) is -2.56. The van der Waals surface area contributed by atoms with Crippen molar-refractivity contribution in [3.8, 4) is 55.6 Å². The maximum atomic E-state index is 14.8. The zero-order chi connectivity index (χ0) is 103. The van der Waals surface area contributed by atoms with E-state index in [1.807, 2.05) is 200 Å². The van der Waals surface area contributed by atoms with Crippen molar-refractivity contribution < 1.29 is 111 Å². The Kier molecular flexibility index (Phi) is 37.6. The van der Waals surface area contributed by atoms with Crippen LogP contribution < -0.4 is 10.6 Å². The van der Waals surface area contributed by atoms with Crippen LogP contribution in [-0.2, 0) is 95.8 Å². The van der Waals surface area contributed by atoms with Gasteiger partial charge in [-0.1, -0.05) is 355 Å². The molecule has 27 heteroatoms. The molecule has 0 heterocycles. The number of hydrogen-bond acceptors (Lipinski definition) is 20. The molecule has 5 aliphatic rings. The minimum atomic E-state index is -1.52. The fraction of sp³-hybridized carbons (Fsp3) is 0.250. The standard InChI is InChI=1S/C50H51N3O9.C19H18O4.C18H17NO4.2C16H14O3.CH4/c1-33(49(58)59)27-45(54)43(28-34-17-7-4-8-18-34)52(2)48(57)44(29-35-19-9-5-10-20-35)53(3)47(56)42(30-46(55)61-31-36-21-11-6-12-22-36)51-50(60)62-32-41-39-25-15-13-23-37(39)38-24-14-16-26-40(38)41;1-12(19(21)22)10-18(20)23-11-17-15-8-4-2-6-13(15)14-7-3-5-9-16(14)17;1-11(17(20)21)19-18(22)23-10-16-14-8-4-2-6-12(14)13-7-3-5-9-15(13)16;2*17-9-16(18)19-10-15-13-7-3-1-5-11(13)12-6-2-4-8-14(12)15;/h4-26,33,41-44H,27-32H2,1-3H3,(H,51,60)(H,58,59);2-9,12,17H,10-11H2,1H3,(H,21,22);2-9,11,16H,10H2,1H3,(H,19,22)(H,20,21);2*1-8,15,17H,9-10H2;1H4/t33-,42+,43+,44+;12-;;;;/m11..../s1. The molecule has 0 radical (unpaired) electrons. The van der Waals surface area contributed by atoms with Crippen LogP contribution >= 0.6 is 0 Å². The summed E-state index contributed by atoms with van der Waals surface area (Å²) < 4.78 is 32.1. The molecule has 1 unspecified atom stereocenters. The first kappa shape index (κ1) is 108. The second-order valence-electron chi connectivity index (χ2n) is 36.1. The van der Waals surface area contributed by atoms with E-state index < -0.39 is 127 Å². The number of aliphatic carboxylic acids is 3. The zero-order valence-electron chi connectivity index (χ0n) is 81.3. The van der Waals surface area contributed by atoms with Gasteiger partial charge in [-0.05, 0) is 141 Å². The summed E-state index contributed by atoms with van der Waals surface area (Å²) in [5.41, 5.74) is 24.9. The Labute approximate surface area is 853 Å². The third kappa shape index (κ3) is 26.8. The number of fused-ring (bicyclic) bond motifs is 15. The number of hydrogen-bond donors (Lipinski definition) is 7. The Morgan fingerprint density at radius 3 is 0.816 bits per heavy atom. The first-order valence-electron chi connectivity index (χ1n) is 48.2. The number of likely N-dealkylation sites (N-methyl/N-ethyl adjacent to an activating group) is 2. The number of amides is 4. The summed E-state index contributed by atoms with van der Waals surface area (Å²) in [4.78, 5) is 152. The van der Waals surface area contributed by atoms with E-state index >= 15 is 0 Å². The second kappa shape index (κ2) is 51.4. The molecule has 13 aromatic rings. The molecule has 756 valence electrons. The number of aliphatic hydroxyl groups is 2. The average Bonchev–Trinajstić information content (AvgIpc) is 1.64. The van der Waals surface area contributed by atoms with E-state index in [0.29, 0.717) is 5.56 Å². The molecule has 0 spiro atoms. The molecule has 6 atom stereocenters. The van der Waals surface area contributed by atoms with Crippen LogP contribution in [0.5, 0.6) is 0 Å². The molecule has 18 rings (SSSR count). The third-order valence-corrected chi connectivity index (χ3v) is 26.6. The van der Waals surface area contributed by atoms with Crippen molar-refractivity contribution in [3.05, 3.63) is 406 Å².